The van der Waals surface area contributed by atoms with Gasteiger partial charge in [-0.15, -0.1) is 0 Å². The summed E-state index contributed by atoms with van der Waals surface area (Å²) in [5.74, 6) is 0.940. The Labute approximate surface area is 109 Å². The van der Waals surface area contributed by atoms with Gasteiger partial charge in [-0.2, -0.15) is 0 Å². The summed E-state index contributed by atoms with van der Waals surface area (Å²) in [6.07, 6.45) is 1.34. The maximum atomic E-state index is 9.82. The minimum absolute atomic E-state index is 0.465. The fraction of sp³-hybridized carbons (Fsp3) is 0.643. The molecule has 1 saturated heterocycles. The van der Waals surface area contributed by atoms with Crippen LogP contribution in [0.2, 0.25) is 0 Å². The minimum atomic E-state index is -0.465. The van der Waals surface area contributed by atoms with Crippen LogP contribution in [0, 0.1) is 0 Å². The van der Waals surface area contributed by atoms with Gasteiger partial charge >= 0.3 is 0 Å². The molecule has 1 unspecified atom stereocenters. The van der Waals surface area contributed by atoms with Crippen molar-refractivity contribution in [2.45, 2.75) is 32.9 Å². The van der Waals surface area contributed by atoms with E-state index in [2.05, 4.69) is 28.6 Å². The third kappa shape index (κ3) is 2.65. The smallest absolute Gasteiger partial charge is 0.134 e. The van der Waals surface area contributed by atoms with Crippen molar-refractivity contribution in [3.63, 3.8) is 0 Å². The summed E-state index contributed by atoms with van der Waals surface area (Å²) < 4.78 is 0. The number of hydrogen-bond acceptors (Lipinski definition) is 4. The second-order valence-electron chi connectivity index (χ2n) is 5.02. The van der Waals surface area contributed by atoms with Gasteiger partial charge in [-0.05, 0) is 26.5 Å². The number of aliphatic hydroxyl groups excluding tert-OH is 1. The van der Waals surface area contributed by atoms with Crippen LogP contribution in [-0.4, -0.2) is 47.2 Å². The van der Waals surface area contributed by atoms with Crippen molar-refractivity contribution < 1.29 is 5.11 Å². The maximum Gasteiger partial charge on any atom is 0.134 e. The monoisotopic (exact) mass is 249 g/mol. The molecule has 1 N–H and O–H groups in total. The molecule has 2 heterocycles. The third-order valence-electron chi connectivity index (χ3n) is 3.74. The van der Waals surface area contributed by atoms with E-state index in [4.69, 9.17) is 0 Å². The summed E-state index contributed by atoms with van der Waals surface area (Å²) in [7, 11) is 0. The number of nitrogens with zero attached hydrogens (tertiary/aromatic N) is 3. The van der Waals surface area contributed by atoms with Crippen LogP contribution in [-0.2, 0) is 0 Å². The standard InChI is InChI=1S/C14H23N3O/c1-4-16-8-9-17(10-11(16)2)14-13(12(3)18)6-5-7-15-14/h5-7,11-12,18H,4,8-10H2,1-3H3/t11?,12-/m0/s1. The molecule has 0 spiro atoms. The van der Waals surface area contributed by atoms with Gasteiger partial charge in [-0.3, -0.25) is 4.90 Å². The summed E-state index contributed by atoms with van der Waals surface area (Å²) in [5, 5.41) is 9.82. The number of piperazine rings is 1. The fourth-order valence-electron chi connectivity index (χ4n) is 2.66. The SMILES string of the molecule is CCN1CCN(c2ncccc2[C@H](C)O)CC1C. The van der Waals surface area contributed by atoms with Crippen LogP contribution in [0.3, 0.4) is 0 Å². The van der Waals surface area contributed by atoms with Crippen molar-refractivity contribution in [2.75, 3.05) is 31.1 Å². The summed E-state index contributed by atoms with van der Waals surface area (Å²) in [6, 6.07) is 4.38. The lowest BCUT2D eigenvalue weighted by atomic mass is 10.1. The van der Waals surface area contributed by atoms with Gasteiger partial charge in [-0.1, -0.05) is 13.0 Å². The molecule has 0 amide bonds. The lowest BCUT2D eigenvalue weighted by Gasteiger charge is -2.40. The van der Waals surface area contributed by atoms with Crippen molar-refractivity contribution >= 4 is 5.82 Å². The first-order valence-corrected chi connectivity index (χ1v) is 6.75. The molecule has 1 aromatic rings. The molecule has 2 atom stereocenters. The first-order chi connectivity index (χ1) is 8.63. The second-order valence-corrected chi connectivity index (χ2v) is 5.02. The highest BCUT2D eigenvalue weighted by atomic mass is 16.3. The van der Waals surface area contributed by atoms with Gasteiger partial charge in [0.2, 0.25) is 0 Å². The van der Waals surface area contributed by atoms with E-state index in [0.29, 0.717) is 6.04 Å². The Bertz CT molecular complexity index is 394. The summed E-state index contributed by atoms with van der Waals surface area (Å²) >= 11 is 0. The Kier molecular flexibility index (Phi) is 4.19. The highest BCUT2D eigenvalue weighted by Crippen LogP contribution is 2.25. The van der Waals surface area contributed by atoms with Gasteiger partial charge in [0, 0.05) is 37.4 Å². The van der Waals surface area contributed by atoms with Gasteiger partial charge in [0.25, 0.3) is 0 Å². The van der Waals surface area contributed by atoms with Crippen molar-refractivity contribution in [1.29, 1.82) is 0 Å². The second kappa shape index (κ2) is 5.67. The zero-order valence-corrected chi connectivity index (χ0v) is 11.5. The lowest BCUT2D eigenvalue weighted by Crippen LogP contribution is -2.52. The molecule has 100 valence electrons. The molecule has 1 aliphatic heterocycles. The van der Waals surface area contributed by atoms with E-state index in [-0.39, 0.29) is 0 Å². The number of likely N-dealkylation sites (N-methyl/N-ethyl adjacent to an activating group) is 1. The van der Waals surface area contributed by atoms with Crippen LogP contribution in [0.4, 0.5) is 5.82 Å². The van der Waals surface area contributed by atoms with Crippen LogP contribution in [0.1, 0.15) is 32.4 Å². The first-order valence-electron chi connectivity index (χ1n) is 6.75. The average molecular weight is 249 g/mol. The van der Waals surface area contributed by atoms with Gasteiger partial charge in [-0.25, -0.2) is 4.98 Å². The fourth-order valence-corrected chi connectivity index (χ4v) is 2.66. The van der Waals surface area contributed by atoms with Crippen LogP contribution in [0.15, 0.2) is 18.3 Å². The molecule has 18 heavy (non-hydrogen) atoms. The Hall–Kier alpha value is -1.13. The number of hydrogen-bond donors (Lipinski definition) is 1. The predicted octanol–water partition coefficient (Wildman–Crippen LogP) is 1.67. The van der Waals surface area contributed by atoms with Crippen LogP contribution < -0.4 is 4.90 Å². The van der Waals surface area contributed by atoms with Crippen LogP contribution >= 0.6 is 0 Å². The van der Waals surface area contributed by atoms with E-state index in [1.165, 1.54) is 0 Å². The van der Waals surface area contributed by atoms with Crippen molar-refractivity contribution in [2.24, 2.45) is 0 Å². The largest absolute Gasteiger partial charge is 0.389 e. The van der Waals surface area contributed by atoms with Gasteiger partial charge in [0.1, 0.15) is 5.82 Å². The predicted molar refractivity (Wildman–Crippen MR) is 73.8 cm³/mol. The summed E-state index contributed by atoms with van der Waals surface area (Å²) in [4.78, 5) is 9.22. The molecule has 0 aliphatic carbocycles. The average Bonchev–Trinajstić information content (AvgIpc) is 2.38. The molecule has 0 saturated carbocycles. The molecular weight excluding hydrogens is 226 g/mol. The topological polar surface area (TPSA) is 39.6 Å². The number of aromatic nitrogens is 1. The quantitative estimate of drug-likeness (QED) is 0.884. The Morgan fingerprint density at radius 1 is 1.50 bits per heavy atom. The van der Waals surface area contributed by atoms with Crippen LogP contribution in [0.5, 0.6) is 0 Å². The Balaban J connectivity index is 2.18. The van der Waals surface area contributed by atoms with Crippen molar-refractivity contribution in [3.05, 3.63) is 23.9 Å². The van der Waals surface area contributed by atoms with Gasteiger partial charge in [0.15, 0.2) is 0 Å². The molecule has 0 aromatic carbocycles. The van der Waals surface area contributed by atoms with Crippen molar-refractivity contribution in [3.8, 4) is 0 Å². The molecule has 2 rings (SSSR count). The summed E-state index contributed by atoms with van der Waals surface area (Å²) in [6.45, 7) is 10.4. The molecule has 0 radical (unpaired) electrons. The number of anilines is 1. The van der Waals surface area contributed by atoms with Gasteiger partial charge in [0.05, 0.1) is 6.10 Å². The van der Waals surface area contributed by atoms with E-state index in [9.17, 15) is 5.11 Å². The zero-order chi connectivity index (χ0) is 13.1. The number of aliphatic hydroxyl groups is 1. The van der Waals surface area contributed by atoms with E-state index in [0.717, 1.165) is 37.6 Å². The molecule has 4 nitrogen and oxygen atoms in total. The van der Waals surface area contributed by atoms with E-state index >= 15 is 0 Å². The molecule has 1 fully saturated rings. The van der Waals surface area contributed by atoms with Gasteiger partial charge < -0.3 is 10.0 Å². The van der Waals surface area contributed by atoms with Crippen LogP contribution in [0.25, 0.3) is 0 Å². The van der Waals surface area contributed by atoms with E-state index in [1.807, 2.05) is 12.1 Å². The zero-order valence-electron chi connectivity index (χ0n) is 11.5. The highest BCUT2D eigenvalue weighted by Gasteiger charge is 2.25. The van der Waals surface area contributed by atoms with Crippen molar-refractivity contribution in [1.82, 2.24) is 9.88 Å². The molecule has 0 bridgehead atoms. The first kappa shape index (κ1) is 13.3. The highest BCUT2D eigenvalue weighted by molar-refractivity contribution is 5.48. The third-order valence-corrected chi connectivity index (χ3v) is 3.74. The molecular formula is C14H23N3O. The lowest BCUT2D eigenvalue weighted by molar-refractivity contribution is 0.191. The molecule has 1 aliphatic rings. The van der Waals surface area contributed by atoms with E-state index in [1.54, 1.807) is 13.1 Å². The molecule has 1 aromatic heterocycles. The Morgan fingerprint density at radius 3 is 2.89 bits per heavy atom. The normalized spacial score (nSPS) is 23.1. The maximum absolute atomic E-state index is 9.82. The molecule has 4 heteroatoms. The minimum Gasteiger partial charge on any atom is -0.389 e. The number of rotatable bonds is 3. The Morgan fingerprint density at radius 2 is 2.28 bits per heavy atom. The van der Waals surface area contributed by atoms with E-state index < -0.39 is 6.10 Å². The summed E-state index contributed by atoms with van der Waals surface area (Å²) in [5.41, 5.74) is 0.926. The number of pyridine rings is 1.